The minimum absolute atomic E-state index is 0.0573. The van der Waals surface area contributed by atoms with E-state index in [1.54, 1.807) is 0 Å². The molecule has 2 amide bonds. The number of nitrogens with one attached hydrogen (secondary N) is 4. The predicted molar refractivity (Wildman–Crippen MR) is 73.4 cm³/mol. The van der Waals surface area contributed by atoms with E-state index in [2.05, 4.69) is 16.0 Å². The highest BCUT2D eigenvalue weighted by Gasteiger charge is 2.13. The van der Waals surface area contributed by atoms with Crippen molar-refractivity contribution >= 4 is 17.8 Å². The number of carbonyl (C=O) groups is 2. The van der Waals surface area contributed by atoms with Crippen LogP contribution < -0.4 is 27.4 Å². The van der Waals surface area contributed by atoms with Gasteiger partial charge >= 0.3 is 0 Å². The van der Waals surface area contributed by atoms with E-state index in [1.165, 1.54) is 0 Å². The number of hydrogen-bond donors (Lipinski definition) is 6. The number of rotatable bonds is 9. The molecule has 0 bridgehead atoms. The molecule has 0 aliphatic heterocycles. The van der Waals surface area contributed by atoms with Crippen molar-refractivity contribution in [3.8, 4) is 0 Å². The van der Waals surface area contributed by atoms with Gasteiger partial charge in [0.15, 0.2) is 5.96 Å². The van der Waals surface area contributed by atoms with Gasteiger partial charge in [-0.3, -0.25) is 15.0 Å². The first kappa shape index (κ1) is 17.2. The third-order valence-corrected chi connectivity index (χ3v) is 2.34. The van der Waals surface area contributed by atoms with E-state index in [-0.39, 0.29) is 24.3 Å². The molecular formula is C11H24N6O2. The van der Waals surface area contributed by atoms with Gasteiger partial charge in [-0.25, -0.2) is 0 Å². The van der Waals surface area contributed by atoms with E-state index >= 15 is 0 Å². The highest BCUT2D eigenvalue weighted by atomic mass is 16.2. The Bertz CT molecular complexity index is 308. The molecule has 0 aromatic carbocycles. The lowest BCUT2D eigenvalue weighted by atomic mass is 10.1. The van der Waals surface area contributed by atoms with Gasteiger partial charge in [0.25, 0.3) is 0 Å². The van der Waals surface area contributed by atoms with Crippen molar-refractivity contribution in [1.82, 2.24) is 16.0 Å². The fourth-order valence-electron chi connectivity index (χ4n) is 1.30. The lowest BCUT2D eigenvalue weighted by Crippen LogP contribution is -2.45. The van der Waals surface area contributed by atoms with Crippen molar-refractivity contribution in [2.24, 2.45) is 11.5 Å². The zero-order valence-corrected chi connectivity index (χ0v) is 11.3. The van der Waals surface area contributed by atoms with E-state index < -0.39 is 6.04 Å². The van der Waals surface area contributed by atoms with Gasteiger partial charge in [0, 0.05) is 13.1 Å². The van der Waals surface area contributed by atoms with Crippen molar-refractivity contribution < 1.29 is 9.59 Å². The van der Waals surface area contributed by atoms with Crippen molar-refractivity contribution in [1.29, 1.82) is 5.41 Å². The molecule has 0 rings (SSSR count). The Morgan fingerprint density at radius 2 is 1.89 bits per heavy atom. The van der Waals surface area contributed by atoms with E-state index in [0.717, 1.165) is 6.42 Å². The molecule has 0 aromatic heterocycles. The Morgan fingerprint density at radius 3 is 2.47 bits per heavy atom. The van der Waals surface area contributed by atoms with Crippen LogP contribution in [-0.4, -0.2) is 43.5 Å². The molecule has 0 saturated carbocycles. The fourth-order valence-corrected chi connectivity index (χ4v) is 1.30. The van der Waals surface area contributed by atoms with Crippen molar-refractivity contribution in [2.45, 2.75) is 32.2 Å². The largest absolute Gasteiger partial charge is 0.370 e. The second kappa shape index (κ2) is 10.1. The average molecular weight is 272 g/mol. The summed E-state index contributed by atoms with van der Waals surface area (Å²) < 4.78 is 0. The van der Waals surface area contributed by atoms with Crippen LogP contribution in [0.2, 0.25) is 0 Å². The predicted octanol–water partition coefficient (Wildman–Crippen LogP) is -1.78. The summed E-state index contributed by atoms with van der Waals surface area (Å²) in [5, 5.41) is 14.7. The summed E-state index contributed by atoms with van der Waals surface area (Å²) in [5.41, 5.74) is 10.8. The Balaban J connectivity index is 3.69. The number of carbonyl (C=O) groups excluding carboxylic acids is 2. The summed E-state index contributed by atoms with van der Waals surface area (Å²) in [6.07, 6.45) is 1.93. The smallest absolute Gasteiger partial charge is 0.239 e. The standard InChI is InChI=1S/C11H24N6O2/c1-2-5-15-9(18)7-17-10(19)8(12)4-3-6-16-11(13)14/h8H,2-7,12H2,1H3,(H,15,18)(H,17,19)(H4,13,14,16)/t8-/m0/s1. The third kappa shape index (κ3) is 9.83. The first-order valence-corrected chi connectivity index (χ1v) is 6.35. The van der Waals surface area contributed by atoms with Crippen molar-refractivity contribution in [2.75, 3.05) is 19.6 Å². The molecule has 1 atom stereocenters. The monoisotopic (exact) mass is 272 g/mol. The van der Waals surface area contributed by atoms with Gasteiger partial charge in [0.2, 0.25) is 11.8 Å². The normalized spacial score (nSPS) is 11.5. The number of nitrogens with two attached hydrogens (primary N) is 2. The SMILES string of the molecule is CCCNC(=O)CNC(=O)[C@@H](N)CCCNC(=N)N. The lowest BCUT2D eigenvalue weighted by Gasteiger charge is -2.12. The molecule has 0 radical (unpaired) electrons. The number of hydrogen-bond acceptors (Lipinski definition) is 4. The maximum absolute atomic E-state index is 11.5. The first-order valence-electron chi connectivity index (χ1n) is 6.35. The minimum Gasteiger partial charge on any atom is -0.370 e. The Kier molecular flexibility index (Phi) is 9.15. The van der Waals surface area contributed by atoms with Crippen LogP contribution in [0.5, 0.6) is 0 Å². The molecule has 0 fully saturated rings. The van der Waals surface area contributed by atoms with E-state index in [9.17, 15) is 9.59 Å². The van der Waals surface area contributed by atoms with Crippen LogP contribution >= 0.6 is 0 Å². The molecule has 8 heteroatoms. The van der Waals surface area contributed by atoms with Crippen LogP contribution in [0.4, 0.5) is 0 Å². The summed E-state index contributed by atoms with van der Waals surface area (Å²) in [5.74, 6) is -0.680. The molecule has 0 aliphatic carbocycles. The first-order chi connectivity index (χ1) is 8.97. The molecule has 0 heterocycles. The van der Waals surface area contributed by atoms with Crippen LogP contribution in [0, 0.1) is 5.41 Å². The van der Waals surface area contributed by atoms with Crippen molar-refractivity contribution in [3.63, 3.8) is 0 Å². The molecule has 19 heavy (non-hydrogen) atoms. The topological polar surface area (TPSA) is 146 Å². The van der Waals surface area contributed by atoms with Gasteiger partial charge in [-0.05, 0) is 19.3 Å². The van der Waals surface area contributed by atoms with Crippen LogP contribution in [0.25, 0.3) is 0 Å². The number of amides is 2. The van der Waals surface area contributed by atoms with Crippen LogP contribution in [0.3, 0.4) is 0 Å². The molecule has 0 aromatic rings. The quantitative estimate of drug-likeness (QED) is 0.167. The molecule has 110 valence electrons. The van der Waals surface area contributed by atoms with Crippen LogP contribution in [0.15, 0.2) is 0 Å². The van der Waals surface area contributed by atoms with Crippen molar-refractivity contribution in [3.05, 3.63) is 0 Å². The summed E-state index contributed by atoms with van der Waals surface area (Å²) in [6, 6.07) is -0.660. The van der Waals surface area contributed by atoms with Gasteiger partial charge < -0.3 is 27.4 Å². The molecule has 0 spiro atoms. The fraction of sp³-hybridized carbons (Fsp3) is 0.727. The van der Waals surface area contributed by atoms with E-state index in [4.69, 9.17) is 16.9 Å². The lowest BCUT2D eigenvalue weighted by molar-refractivity contribution is -0.126. The average Bonchev–Trinajstić information content (AvgIpc) is 2.37. The van der Waals surface area contributed by atoms with Gasteiger partial charge in [0.05, 0.1) is 12.6 Å². The summed E-state index contributed by atoms with van der Waals surface area (Å²) in [4.78, 5) is 22.8. The van der Waals surface area contributed by atoms with Gasteiger partial charge in [-0.15, -0.1) is 0 Å². The summed E-state index contributed by atoms with van der Waals surface area (Å²) >= 11 is 0. The summed E-state index contributed by atoms with van der Waals surface area (Å²) in [7, 11) is 0. The van der Waals surface area contributed by atoms with Gasteiger partial charge in [0.1, 0.15) is 0 Å². The van der Waals surface area contributed by atoms with E-state index in [0.29, 0.717) is 25.9 Å². The highest BCUT2D eigenvalue weighted by molar-refractivity contribution is 5.87. The van der Waals surface area contributed by atoms with Gasteiger partial charge in [-0.2, -0.15) is 0 Å². The summed E-state index contributed by atoms with van der Waals surface area (Å²) in [6.45, 7) is 2.98. The molecule has 0 aliphatic rings. The maximum Gasteiger partial charge on any atom is 0.239 e. The zero-order chi connectivity index (χ0) is 14.7. The number of guanidine groups is 1. The molecule has 8 N–H and O–H groups in total. The Hall–Kier alpha value is -1.83. The van der Waals surface area contributed by atoms with Crippen LogP contribution in [-0.2, 0) is 9.59 Å². The zero-order valence-electron chi connectivity index (χ0n) is 11.3. The molecular weight excluding hydrogens is 248 g/mol. The molecule has 8 nitrogen and oxygen atoms in total. The third-order valence-electron chi connectivity index (χ3n) is 2.34. The van der Waals surface area contributed by atoms with Gasteiger partial charge in [-0.1, -0.05) is 6.92 Å². The second-order valence-electron chi connectivity index (χ2n) is 4.16. The second-order valence-corrected chi connectivity index (χ2v) is 4.16. The Labute approximate surface area is 113 Å². The van der Waals surface area contributed by atoms with Crippen LogP contribution in [0.1, 0.15) is 26.2 Å². The van der Waals surface area contributed by atoms with E-state index in [1.807, 2.05) is 6.92 Å². The minimum atomic E-state index is -0.660. The maximum atomic E-state index is 11.5. The highest BCUT2D eigenvalue weighted by Crippen LogP contribution is 1.93. The molecule has 0 saturated heterocycles. The Morgan fingerprint density at radius 1 is 1.21 bits per heavy atom. The molecule has 0 unspecified atom stereocenters.